The predicted molar refractivity (Wildman–Crippen MR) is 92.4 cm³/mol. The first-order chi connectivity index (χ1) is 10.2. The molecule has 0 bridgehead atoms. The normalized spacial score (nSPS) is 28.7. The lowest BCUT2D eigenvalue weighted by atomic mass is 9.86. The van der Waals surface area contributed by atoms with Gasteiger partial charge in [0.2, 0.25) is 0 Å². The van der Waals surface area contributed by atoms with Gasteiger partial charge in [-0.15, -0.1) is 0 Å². The molecule has 0 aromatic heterocycles. The third-order valence-corrected chi connectivity index (χ3v) is 5.68. The zero-order valence-electron chi connectivity index (χ0n) is 13.1. The van der Waals surface area contributed by atoms with Crippen molar-refractivity contribution in [2.45, 2.75) is 45.2 Å². The van der Waals surface area contributed by atoms with Gasteiger partial charge in [-0.25, -0.2) is 0 Å². The molecule has 1 aromatic carbocycles. The van der Waals surface area contributed by atoms with Gasteiger partial charge >= 0.3 is 0 Å². The Morgan fingerprint density at radius 1 is 1.05 bits per heavy atom. The Morgan fingerprint density at radius 2 is 1.76 bits per heavy atom. The molecule has 2 aliphatic rings. The summed E-state index contributed by atoms with van der Waals surface area (Å²) in [6.45, 7) is 8.49. The lowest BCUT2D eigenvalue weighted by molar-refractivity contribution is 0.0659. The highest BCUT2D eigenvalue weighted by molar-refractivity contribution is 9.10. The first-order valence-corrected chi connectivity index (χ1v) is 9.21. The molecule has 0 amide bonds. The number of hydrogen-bond donors (Lipinski definition) is 0. The van der Waals surface area contributed by atoms with Crippen LogP contribution in [-0.4, -0.2) is 42.0 Å². The molecule has 1 saturated heterocycles. The smallest absolute Gasteiger partial charge is 0.0234 e. The zero-order chi connectivity index (χ0) is 14.7. The second-order valence-corrected chi connectivity index (χ2v) is 7.78. The van der Waals surface area contributed by atoms with Gasteiger partial charge in [0.25, 0.3) is 0 Å². The van der Waals surface area contributed by atoms with E-state index in [-0.39, 0.29) is 0 Å². The summed E-state index contributed by atoms with van der Waals surface area (Å²) in [7, 11) is 0. The van der Waals surface area contributed by atoms with Crippen LogP contribution < -0.4 is 0 Å². The average molecular weight is 351 g/mol. The maximum absolute atomic E-state index is 3.51. The average Bonchev–Trinajstić information content (AvgIpc) is 2.50. The molecule has 0 unspecified atom stereocenters. The van der Waals surface area contributed by atoms with Crippen LogP contribution in [0.25, 0.3) is 0 Å². The minimum Gasteiger partial charge on any atom is -0.298 e. The van der Waals surface area contributed by atoms with Gasteiger partial charge < -0.3 is 0 Å². The van der Waals surface area contributed by atoms with Gasteiger partial charge in [-0.05, 0) is 36.5 Å². The quantitative estimate of drug-likeness (QED) is 0.807. The van der Waals surface area contributed by atoms with Crippen molar-refractivity contribution in [1.29, 1.82) is 0 Å². The number of halogens is 1. The van der Waals surface area contributed by atoms with Crippen molar-refractivity contribution in [3.63, 3.8) is 0 Å². The van der Waals surface area contributed by atoms with Gasteiger partial charge in [-0.2, -0.15) is 0 Å². The Kier molecular flexibility index (Phi) is 5.36. The lowest BCUT2D eigenvalue weighted by Crippen LogP contribution is -2.50. The zero-order valence-corrected chi connectivity index (χ0v) is 14.7. The molecule has 116 valence electrons. The number of nitrogens with zero attached hydrogens (tertiary/aromatic N) is 2. The van der Waals surface area contributed by atoms with E-state index in [1.54, 1.807) is 0 Å². The van der Waals surface area contributed by atoms with Crippen LogP contribution in [0, 0.1) is 5.92 Å². The van der Waals surface area contributed by atoms with E-state index in [0.29, 0.717) is 0 Å². The van der Waals surface area contributed by atoms with Crippen LogP contribution in [0.3, 0.4) is 0 Å². The molecular formula is C18H27BrN2. The minimum absolute atomic E-state index is 0.864. The second kappa shape index (κ2) is 7.26. The van der Waals surface area contributed by atoms with E-state index in [1.165, 1.54) is 61.9 Å². The van der Waals surface area contributed by atoms with Crippen molar-refractivity contribution < 1.29 is 0 Å². The van der Waals surface area contributed by atoms with Gasteiger partial charge in [-0.1, -0.05) is 47.8 Å². The standard InChI is InChI=1S/C18H27BrN2/c1-15-3-2-4-18(13-15)21-11-9-20(10-12-21)14-16-5-7-17(19)8-6-16/h5-8,15,18H,2-4,9-14H2,1H3/t15-,18+/m0/s1. The number of benzene rings is 1. The summed E-state index contributed by atoms with van der Waals surface area (Å²) in [6.07, 6.45) is 5.73. The van der Waals surface area contributed by atoms with E-state index < -0.39 is 0 Å². The fourth-order valence-corrected chi connectivity index (χ4v) is 4.13. The molecule has 0 spiro atoms. The molecule has 21 heavy (non-hydrogen) atoms. The third-order valence-electron chi connectivity index (χ3n) is 5.15. The van der Waals surface area contributed by atoms with Gasteiger partial charge in [0.05, 0.1) is 0 Å². The Balaban J connectivity index is 1.47. The van der Waals surface area contributed by atoms with Crippen molar-refractivity contribution in [2.75, 3.05) is 26.2 Å². The van der Waals surface area contributed by atoms with Crippen LogP contribution in [0.2, 0.25) is 0 Å². The molecule has 1 aromatic rings. The molecule has 3 heteroatoms. The minimum atomic E-state index is 0.864. The van der Waals surface area contributed by atoms with E-state index in [9.17, 15) is 0 Å². The summed E-state index contributed by atoms with van der Waals surface area (Å²) in [5, 5.41) is 0. The largest absolute Gasteiger partial charge is 0.298 e. The molecule has 0 N–H and O–H groups in total. The first kappa shape index (κ1) is 15.5. The highest BCUT2D eigenvalue weighted by Crippen LogP contribution is 2.28. The van der Waals surface area contributed by atoms with Crippen molar-refractivity contribution in [3.8, 4) is 0 Å². The highest BCUT2D eigenvalue weighted by atomic mass is 79.9. The molecule has 1 saturated carbocycles. The molecule has 1 aliphatic heterocycles. The van der Waals surface area contributed by atoms with E-state index in [4.69, 9.17) is 0 Å². The predicted octanol–water partition coefficient (Wildman–Crippen LogP) is 4.15. The summed E-state index contributed by atoms with van der Waals surface area (Å²) in [6, 6.07) is 9.63. The van der Waals surface area contributed by atoms with E-state index in [2.05, 4.69) is 56.9 Å². The summed E-state index contributed by atoms with van der Waals surface area (Å²) < 4.78 is 1.17. The van der Waals surface area contributed by atoms with Gasteiger partial charge in [0.15, 0.2) is 0 Å². The highest BCUT2D eigenvalue weighted by Gasteiger charge is 2.27. The molecule has 3 rings (SSSR count). The monoisotopic (exact) mass is 350 g/mol. The number of piperazine rings is 1. The van der Waals surface area contributed by atoms with Crippen molar-refractivity contribution in [1.82, 2.24) is 9.80 Å². The van der Waals surface area contributed by atoms with Crippen LogP contribution in [0.1, 0.15) is 38.2 Å². The van der Waals surface area contributed by atoms with Crippen LogP contribution >= 0.6 is 15.9 Å². The number of rotatable bonds is 3. The fraction of sp³-hybridized carbons (Fsp3) is 0.667. The lowest BCUT2D eigenvalue weighted by Gasteiger charge is -2.42. The SMILES string of the molecule is C[C@H]1CCC[C@@H](N2CCN(Cc3ccc(Br)cc3)CC2)C1. The van der Waals surface area contributed by atoms with Gasteiger partial charge in [0.1, 0.15) is 0 Å². The molecule has 1 heterocycles. The van der Waals surface area contributed by atoms with Crippen molar-refractivity contribution >= 4 is 15.9 Å². The van der Waals surface area contributed by atoms with Crippen LogP contribution in [0.15, 0.2) is 28.7 Å². The molecule has 1 aliphatic carbocycles. The van der Waals surface area contributed by atoms with E-state index >= 15 is 0 Å². The first-order valence-electron chi connectivity index (χ1n) is 8.41. The van der Waals surface area contributed by atoms with Gasteiger partial charge in [0, 0.05) is 43.2 Å². The Bertz CT molecular complexity index is 437. The number of hydrogen-bond acceptors (Lipinski definition) is 2. The van der Waals surface area contributed by atoms with E-state index in [0.717, 1.165) is 18.5 Å². The molecule has 2 nitrogen and oxygen atoms in total. The molecule has 2 atom stereocenters. The Morgan fingerprint density at radius 3 is 2.43 bits per heavy atom. The second-order valence-electron chi connectivity index (χ2n) is 6.86. The topological polar surface area (TPSA) is 6.48 Å². The van der Waals surface area contributed by atoms with Crippen molar-refractivity contribution in [2.24, 2.45) is 5.92 Å². The summed E-state index contributed by atoms with van der Waals surface area (Å²) in [4.78, 5) is 5.36. The summed E-state index contributed by atoms with van der Waals surface area (Å²) >= 11 is 3.51. The van der Waals surface area contributed by atoms with Crippen LogP contribution in [0.5, 0.6) is 0 Å². The molecular weight excluding hydrogens is 324 g/mol. The third kappa shape index (κ3) is 4.30. The van der Waals surface area contributed by atoms with Crippen LogP contribution in [0.4, 0.5) is 0 Å². The summed E-state index contributed by atoms with van der Waals surface area (Å²) in [5.74, 6) is 0.935. The Hall–Kier alpha value is -0.380. The van der Waals surface area contributed by atoms with Crippen LogP contribution in [-0.2, 0) is 6.54 Å². The fourth-order valence-electron chi connectivity index (χ4n) is 3.87. The summed E-state index contributed by atoms with van der Waals surface area (Å²) in [5.41, 5.74) is 1.43. The Labute approximate surface area is 137 Å². The maximum Gasteiger partial charge on any atom is 0.0234 e. The van der Waals surface area contributed by atoms with Crippen molar-refractivity contribution in [3.05, 3.63) is 34.3 Å². The van der Waals surface area contributed by atoms with Gasteiger partial charge in [-0.3, -0.25) is 9.80 Å². The maximum atomic E-state index is 3.51. The molecule has 2 fully saturated rings. The van der Waals surface area contributed by atoms with E-state index in [1.807, 2.05) is 0 Å². The molecule has 0 radical (unpaired) electrons.